The van der Waals surface area contributed by atoms with Gasteiger partial charge >= 0.3 is 12.1 Å². The molecule has 0 saturated carbocycles. The van der Waals surface area contributed by atoms with Gasteiger partial charge in [0.25, 0.3) is 0 Å². The third kappa shape index (κ3) is 4.84. The number of benzene rings is 1. The lowest BCUT2D eigenvalue weighted by atomic mass is 9.90. The van der Waals surface area contributed by atoms with Gasteiger partial charge in [-0.3, -0.25) is 0 Å². The first-order chi connectivity index (χ1) is 15.1. The number of hydrogen-bond donors (Lipinski definition) is 0. The normalized spacial score (nSPS) is 23.8. The van der Waals surface area contributed by atoms with Crippen LogP contribution in [0.4, 0.5) is 9.59 Å². The Morgan fingerprint density at radius 1 is 1.16 bits per heavy atom. The number of morpholine rings is 1. The molecule has 2 atom stereocenters. The van der Waals surface area contributed by atoms with Crippen LogP contribution in [0.1, 0.15) is 63.3 Å². The number of urea groups is 1. The molecule has 176 valence electrons. The predicted octanol–water partition coefficient (Wildman–Crippen LogP) is 4.61. The fraction of sp³-hybridized carbons (Fsp3) is 0.667. The Morgan fingerprint density at radius 3 is 2.66 bits per heavy atom. The lowest BCUT2D eigenvalue weighted by molar-refractivity contribution is 0.00923. The van der Waals surface area contributed by atoms with E-state index in [9.17, 15) is 9.59 Å². The molecular formula is C24H34ClN3O4. The van der Waals surface area contributed by atoms with Gasteiger partial charge in [-0.2, -0.15) is 0 Å². The van der Waals surface area contributed by atoms with E-state index in [1.54, 1.807) is 0 Å². The second kappa shape index (κ2) is 9.10. The number of rotatable bonds is 1. The molecule has 3 amide bonds. The highest BCUT2D eigenvalue weighted by molar-refractivity contribution is 6.30. The summed E-state index contributed by atoms with van der Waals surface area (Å²) in [5.41, 5.74) is 2.79. The molecule has 2 unspecified atom stereocenters. The van der Waals surface area contributed by atoms with Crippen molar-refractivity contribution in [3.63, 3.8) is 0 Å². The van der Waals surface area contributed by atoms with Gasteiger partial charge in [0, 0.05) is 31.2 Å². The third-order valence-electron chi connectivity index (χ3n) is 6.47. The Hall–Kier alpha value is -1.99. The Labute approximate surface area is 195 Å². The Balaban J connectivity index is 1.60. The minimum atomic E-state index is -0.546. The molecule has 0 spiro atoms. The van der Waals surface area contributed by atoms with Gasteiger partial charge in [-0.1, -0.05) is 11.6 Å². The van der Waals surface area contributed by atoms with E-state index in [4.69, 9.17) is 21.1 Å². The standard InChI is InChI=1S/C24H34ClN3O4/c1-16-15-31-11-10-27(16)22(29)26-9-7-17-12-18(25)13-19(20(17)14-26)21-6-5-8-28(21)23(30)32-24(2,3)4/h12-13,16,21H,5-11,14-15H2,1-4H3. The zero-order valence-electron chi connectivity index (χ0n) is 19.5. The van der Waals surface area contributed by atoms with Crippen molar-refractivity contribution in [3.8, 4) is 0 Å². The lowest BCUT2D eigenvalue weighted by Crippen LogP contribution is -2.53. The number of fused-ring (bicyclic) bond motifs is 1. The van der Waals surface area contributed by atoms with Crippen LogP contribution < -0.4 is 0 Å². The number of nitrogens with zero attached hydrogens (tertiary/aromatic N) is 3. The summed E-state index contributed by atoms with van der Waals surface area (Å²) in [6.07, 6.45) is 2.24. The molecule has 8 heteroatoms. The summed E-state index contributed by atoms with van der Waals surface area (Å²) in [6.45, 7) is 11.3. The molecule has 3 heterocycles. The zero-order chi connectivity index (χ0) is 23.0. The Kier molecular flexibility index (Phi) is 6.59. The van der Waals surface area contributed by atoms with Gasteiger partial charge in [0.2, 0.25) is 0 Å². The third-order valence-corrected chi connectivity index (χ3v) is 6.68. The van der Waals surface area contributed by atoms with Gasteiger partial charge in [0.1, 0.15) is 5.60 Å². The Morgan fingerprint density at radius 2 is 1.94 bits per heavy atom. The van der Waals surface area contributed by atoms with E-state index in [1.165, 1.54) is 5.56 Å². The van der Waals surface area contributed by atoms with Crippen LogP contribution in [-0.2, 0) is 22.4 Å². The van der Waals surface area contributed by atoms with Crippen molar-refractivity contribution >= 4 is 23.7 Å². The topological polar surface area (TPSA) is 62.3 Å². The zero-order valence-corrected chi connectivity index (χ0v) is 20.3. The molecule has 2 saturated heterocycles. The van der Waals surface area contributed by atoms with Crippen molar-refractivity contribution in [2.24, 2.45) is 0 Å². The molecule has 3 aliphatic rings. The van der Waals surface area contributed by atoms with Crippen molar-refractivity contribution < 1.29 is 19.1 Å². The first kappa shape index (κ1) is 23.2. The number of hydrogen-bond acceptors (Lipinski definition) is 4. The fourth-order valence-electron chi connectivity index (χ4n) is 4.94. The van der Waals surface area contributed by atoms with Crippen LogP contribution in [0.3, 0.4) is 0 Å². The van der Waals surface area contributed by atoms with E-state index in [1.807, 2.05) is 54.5 Å². The van der Waals surface area contributed by atoms with Crippen LogP contribution in [-0.4, -0.2) is 71.3 Å². The molecule has 0 aliphatic carbocycles. The van der Waals surface area contributed by atoms with E-state index in [0.29, 0.717) is 44.4 Å². The molecule has 32 heavy (non-hydrogen) atoms. The van der Waals surface area contributed by atoms with Crippen LogP contribution in [0.2, 0.25) is 5.02 Å². The molecule has 0 aromatic heterocycles. The number of carbonyl (C=O) groups is 2. The smallest absolute Gasteiger partial charge is 0.410 e. The maximum atomic E-state index is 13.3. The van der Waals surface area contributed by atoms with Gasteiger partial charge in [0.05, 0.1) is 25.3 Å². The van der Waals surface area contributed by atoms with Crippen molar-refractivity contribution in [2.75, 3.05) is 32.8 Å². The van der Waals surface area contributed by atoms with E-state index in [-0.39, 0.29) is 24.2 Å². The molecular weight excluding hydrogens is 430 g/mol. The summed E-state index contributed by atoms with van der Waals surface area (Å²) in [4.78, 5) is 31.8. The van der Waals surface area contributed by atoms with E-state index < -0.39 is 5.60 Å². The molecule has 1 aromatic carbocycles. The van der Waals surface area contributed by atoms with E-state index in [0.717, 1.165) is 30.4 Å². The second-order valence-electron chi connectivity index (χ2n) is 10.0. The maximum absolute atomic E-state index is 13.3. The molecule has 0 bridgehead atoms. The highest BCUT2D eigenvalue weighted by atomic mass is 35.5. The number of halogens is 1. The largest absolute Gasteiger partial charge is 0.444 e. The van der Waals surface area contributed by atoms with Gasteiger partial charge in [-0.15, -0.1) is 0 Å². The van der Waals surface area contributed by atoms with Crippen molar-refractivity contribution in [2.45, 2.75) is 71.2 Å². The minimum Gasteiger partial charge on any atom is -0.444 e. The summed E-state index contributed by atoms with van der Waals surface area (Å²) in [7, 11) is 0. The summed E-state index contributed by atoms with van der Waals surface area (Å²) in [5.74, 6) is 0. The SMILES string of the molecule is CC1COCCN1C(=O)N1CCc2cc(Cl)cc(C3CCCN3C(=O)OC(C)(C)C)c2C1. The first-order valence-electron chi connectivity index (χ1n) is 11.6. The van der Waals surface area contributed by atoms with Gasteiger partial charge in [0.15, 0.2) is 0 Å². The molecule has 2 fully saturated rings. The first-order valence-corrected chi connectivity index (χ1v) is 12.0. The van der Waals surface area contributed by atoms with Crippen LogP contribution >= 0.6 is 11.6 Å². The van der Waals surface area contributed by atoms with E-state index in [2.05, 4.69) is 0 Å². The fourth-order valence-corrected chi connectivity index (χ4v) is 5.19. The highest BCUT2D eigenvalue weighted by Crippen LogP contribution is 2.39. The average Bonchev–Trinajstić information content (AvgIpc) is 3.21. The lowest BCUT2D eigenvalue weighted by Gasteiger charge is -2.40. The van der Waals surface area contributed by atoms with Crippen molar-refractivity contribution in [1.82, 2.24) is 14.7 Å². The average molecular weight is 464 g/mol. The number of amides is 3. The van der Waals surface area contributed by atoms with Gasteiger partial charge < -0.3 is 24.2 Å². The van der Waals surface area contributed by atoms with Crippen LogP contribution in [0.15, 0.2) is 12.1 Å². The van der Waals surface area contributed by atoms with Crippen LogP contribution in [0.5, 0.6) is 0 Å². The summed E-state index contributed by atoms with van der Waals surface area (Å²) < 4.78 is 11.2. The van der Waals surface area contributed by atoms with Crippen LogP contribution in [0.25, 0.3) is 0 Å². The van der Waals surface area contributed by atoms with Gasteiger partial charge in [-0.05, 0) is 75.8 Å². The number of ether oxygens (including phenoxy) is 2. The number of carbonyl (C=O) groups excluding carboxylic acids is 2. The van der Waals surface area contributed by atoms with Crippen molar-refractivity contribution in [3.05, 3.63) is 33.8 Å². The van der Waals surface area contributed by atoms with Crippen molar-refractivity contribution in [1.29, 1.82) is 0 Å². The number of likely N-dealkylation sites (tertiary alicyclic amines) is 1. The van der Waals surface area contributed by atoms with Crippen LogP contribution in [0, 0.1) is 0 Å². The highest BCUT2D eigenvalue weighted by Gasteiger charge is 2.37. The molecule has 0 radical (unpaired) electrons. The molecule has 1 aromatic rings. The second-order valence-corrected chi connectivity index (χ2v) is 10.5. The molecule has 4 rings (SSSR count). The summed E-state index contributed by atoms with van der Waals surface area (Å²) >= 11 is 6.50. The molecule has 3 aliphatic heterocycles. The van der Waals surface area contributed by atoms with E-state index >= 15 is 0 Å². The van der Waals surface area contributed by atoms with Gasteiger partial charge in [-0.25, -0.2) is 9.59 Å². The molecule has 7 nitrogen and oxygen atoms in total. The summed E-state index contributed by atoms with van der Waals surface area (Å²) in [5, 5.41) is 0.677. The predicted molar refractivity (Wildman–Crippen MR) is 123 cm³/mol. The summed E-state index contributed by atoms with van der Waals surface area (Å²) in [6, 6.07) is 4.02. The Bertz CT molecular complexity index is 885. The molecule has 0 N–H and O–H groups in total. The quantitative estimate of drug-likeness (QED) is 0.610. The maximum Gasteiger partial charge on any atom is 0.410 e. The minimum absolute atomic E-state index is 0.0581. The monoisotopic (exact) mass is 463 g/mol.